The van der Waals surface area contributed by atoms with Gasteiger partial charge in [-0.1, -0.05) is 42.3 Å². The van der Waals surface area contributed by atoms with Gasteiger partial charge in [0.05, 0.1) is 17.5 Å². The van der Waals surface area contributed by atoms with Gasteiger partial charge in [0.15, 0.2) is 0 Å². The number of piperidine rings is 1. The maximum atomic E-state index is 13.5. The lowest BCUT2D eigenvalue weighted by atomic mass is 9.78. The number of carbonyl (C=O) groups is 3. The second kappa shape index (κ2) is 11.7. The second-order valence-electron chi connectivity index (χ2n) is 8.62. The summed E-state index contributed by atoms with van der Waals surface area (Å²) < 4.78 is 6.09. The van der Waals surface area contributed by atoms with Gasteiger partial charge in [-0.3, -0.25) is 14.4 Å². The molecule has 3 rings (SSSR count). The normalized spacial score (nSPS) is 14.9. The third kappa shape index (κ3) is 6.45. The number of amides is 3. The summed E-state index contributed by atoms with van der Waals surface area (Å²) in [6.07, 6.45) is 1.50. The fraction of sp³-hybridized carbons (Fsp3) is 0.400. The third-order valence-electron chi connectivity index (χ3n) is 6.41. The smallest absolute Gasteiger partial charge is 0.252 e. The number of nitrogens with zero attached hydrogens (tertiary/aromatic N) is 1. The van der Waals surface area contributed by atoms with Crippen LogP contribution < -0.4 is 21.5 Å². The number of ether oxygens (including phenoxy) is 1. The molecule has 8 nitrogen and oxygen atoms in total. The molecule has 35 heavy (non-hydrogen) atoms. The van der Waals surface area contributed by atoms with Gasteiger partial charge in [0.25, 0.3) is 5.91 Å². The summed E-state index contributed by atoms with van der Waals surface area (Å²) >= 11 is 12.2. The molecule has 0 saturated carbocycles. The zero-order chi connectivity index (χ0) is 25.6. The number of halogens is 2. The largest absolute Gasteiger partial charge is 0.492 e. The van der Waals surface area contributed by atoms with Crippen LogP contribution in [0.3, 0.4) is 0 Å². The van der Waals surface area contributed by atoms with Gasteiger partial charge < -0.3 is 26.4 Å². The molecule has 1 aliphatic rings. The number of nitrogens with one attached hydrogen (secondary N) is 1. The summed E-state index contributed by atoms with van der Waals surface area (Å²) in [5.41, 5.74) is 12.1. The molecular weight excluding hydrogens is 491 g/mol. The SMILES string of the molecule is CCc1ccc(C(N)=O)c(OCC2(C(=O)NCc3ccc(Cl)cc3Cl)CCN(C(=O)CN)CC2)c1. The quantitative estimate of drug-likeness (QED) is 0.468. The maximum absolute atomic E-state index is 13.5. The van der Waals surface area contributed by atoms with Crippen molar-refractivity contribution in [1.82, 2.24) is 10.2 Å². The van der Waals surface area contributed by atoms with Crippen LogP contribution in [0, 0.1) is 5.41 Å². The van der Waals surface area contributed by atoms with Crippen LogP contribution in [-0.4, -0.2) is 48.9 Å². The van der Waals surface area contributed by atoms with Crippen molar-refractivity contribution in [3.8, 4) is 5.75 Å². The molecule has 1 heterocycles. The highest BCUT2D eigenvalue weighted by atomic mass is 35.5. The van der Waals surface area contributed by atoms with Crippen molar-refractivity contribution in [2.24, 2.45) is 16.9 Å². The second-order valence-corrected chi connectivity index (χ2v) is 9.46. The first-order valence-electron chi connectivity index (χ1n) is 11.4. The Balaban J connectivity index is 1.82. The molecule has 1 fully saturated rings. The van der Waals surface area contributed by atoms with Crippen LogP contribution in [0.4, 0.5) is 0 Å². The van der Waals surface area contributed by atoms with Gasteiger partial charge in [0.1, 0.15) is 12.4 Å². The fourth-order valence-corrected chi connectivity index (χ4v) is 4.58. The van der Waals surface area contributed by atoms with Gasteiger partial charge in [-0.25, -0.2) is 0 Å². The van der Waals surface area contributed by atoms with Crippen molar-refractivity contribution in [2.75, 3.05) is 26.2 Å². The van der Waals surface area contributed by atoms with E-state index in [0.29, 0.717) is 41.7 Å². The maximum Gasteiger partial charge on any atom is 0.252 e. The number of primary amides is 1. The average Bonchev–Trinajstić information content (AvgIpc) is 2.86. The Hall–Kier alpha value is -2.81. The van der Waals surface area contributed by atoms with E-state index in [1.54, 1.807) is 35.2 Å². The highest BCUT2D eigenvalue weighted by molar-refractivity contribution is 6.35. The third-order valence-corrected chi connectivity index (χ3v) is 6.99. The molecule has 188 valence electrons. The predicted molar refractivity (Wildman–Crippen MR) is 135 cm³/mol. The van der Waals surface area contributed by atoms with E-state index in [0.717, 1.165) is 17.5 Å². The number of benzene rings is 2. The average molecular weight is 521 g/mol. The van der Waals surface area contributed by atoms with Crippen molar-refractivity contribution < 1.29 is 19.1 Å². The summed E-state index contributed by atoms with van der Waals surface area (Å²) in [6, 6.07) is 10.3. The molecule has 0 bridgehead atoms. The highest BCUT2D eigenvalue weighted by Gasteiger charge is 2.43. The zero-order valence-electron chi connectivity index (χ0n) is 19.6. The van der Waals surface area contributed by atoms with Gasteiger partial charge in [-0.2, -0.15) is 0 Å². The summed E-state index contributed by atoms with van der Waals surface area (Å²) in [6.45, 7) is 2.87. The van der Waals surface area contributed by atoms with Crippen LogP contribution in [0.5, 0.6) is 5.75 Å². The molecule has 1 saturated heterocycles. The number of hydrogen-bond acceptors (Lipinski definition) is 5. The summed E-state index contributed by atoms with van der Waals surface area (Å²) in [5, 5.41) is 3.92. The molecule has 10 heteroatoms. The van der Waals surface area contributed by atoms with E-state index in [1.807, 2.05) is 13.0 Å². The Morgan fingerprint density at radius 3 is 2.43 bits per heavy atom. The van der Waals surface area contributed by atoms with Crippen LogP contribution in [0.2, 0.25) is 10.0 Å². The molecule has 2 aromatic rings. The Morgan fingerprint density at radius 2 is 1.83 bits per heavy atom. The Labute approximate surface area is 214 Å². The topological polar surface area (TPSA) is 128 Å². The zero-order valence-corrected chi connectivity index (χ0v) is 21.1. The molecular formula is C25H30Cl2N4O4. The number of hydrogen-bond donors (Lipinski definition) is 3. The molecule has 5 N–H and O–H groups in total. The molecule has 2 aromatic carbocycles. The van der Waals surface area contributed by atoms with Gasteiger partial charge in [-0.15, -0.1) is 0 Å². The van der Waals surface area contributed by atoms with E-state index < -0.39 is 11.3 Å². The number of aryl methyl sites for hydroxylation is 1. The Bertz CT molecular complexity index is 1100. The van der Waals surface area contributed by atoms with E-state index in [9.17, 15) is 14.4 Å². The molecule has 3 amide bonds. The van der Waals surface area contributed by atoms with Crippen molar-refractivity contribution in [1.29, 1.82) is 0 Å². The van der Waals surface area contributed by atoms with Crippen LogP contribution in [0.15, 0.2) is 36.4 Å². The molecule has 0 atom stereocenters. The number of nitrogens with two attached hydrogens (primary N) is 2. The van der Waals surface area contributed by atoms with Gasteiger partial charge in [-0.05, 0) is 54.7 Å². The summed E-state index contributed by atoms with van der Waals surface area (Å²) in [7, 11) is 0. The number of carbonyl (C=O) groups excluding carboxylic acids is 3. The van der Waals surface area contributed by atoms with E-state index in [2.05, 4.69) is 5.32 Å². The molecule has 0 spiro atoms. The van der Waals surface area contributed by atoms with Crippen LogP contribution in [0.1, 0.15) is 41.3 Å². The first-order valence-corrected chi connectivity index (χ1v) is 12.2. The van der Waals surface area contributed by atoms with E-state index in [1.165, 1.54) is 0 Å². The summed E-state index contributed by atoms with van der Waals surface area (Å²) in [4.78, 5) is 39.2. The number of rotatable bonds is 9. The van der Waals surface area contributed by atoms with E-state index in [-0.39, 0.29) is 37.1 Å². The fourth-order valence-electron chi connectivity index (χ4n) is 4.10. The first-order chi connectivity index (χ1) is 16.7. The first kappa shape index (κ1) is 26.8. The van der Waals surface area contributed by atoms with Crippen LogP contribution in [0.25, 0.3) is 0 Å². The standard InChI is InChI=1S/C25H30Cl2N4O4/c1-2-16-3-6-19(23(29)33)21(11-16)35-15-25(7-9-31(10-8-25)22(32)13-28)24(34)30-14-17-4-5-18(26)12-20(17)27/h3-6,11-12H,2,7-10,13-15,28H2,1H3,(H2,29,33)(H,30,34). The monoisotopic (exact) mass is 520 g/mol. The van der Waals surface area contributed by atoms with Crippen molar-refractivity contribution in [3.63, 3.8) is 0 Å². The van der Waals surface area contributed by atoms with Crippen LogP contribution in [-0.2, 0) is 22.6 Å². The molecule has 0 aliphatic carbocycles. The minimum Gasteiger partial charge on any atom is -0.492 e. The van der Waals surface area contributed by atoms with Gasteiger partial charge in [0, 0.05) is 29.7 Å². The Morgan fingerprint density at radius 1 is 1.11 bits per heavy atom. The van der Waals surface area contributed by atoms with Crippen molar-refractivity contribution in [2.45, 2.75) is 32.7 Å². The van der Waals surface area contributed by atoms with E-state index in [4.69, 9.17) is 39.4 Å². The Kier molecular flexibility index (Phi) is 8.99. The molecule has 1 aliphatic heterocycles. The van der Waals surface area contributed by atoms with Crippen molar-refractivity contribution in [3.05, 3.63) is 63.1 Å². The lowest BCUT2D eigenvalue weighted by molar-refractivity contribution is -0.141. The highest BCUT2D eigenvalue weighted by Crippen LogP contribution is 2.34. The van der Waals surface area contributed by atoms with Gasteiger partial charge in [0.2, 0.25) is 11.8 Å². The van der Waals surface area contributed by atoms with Crippen molar-refractivity contribution >= 4 is 40.9 Å². The molecule has 0 radical (unpaired) electrons. The summed E-state index contributed by atoms with van der Waals surface area (Å²) in [5.74, 6) is -0.665. The lowest BCUT2D eigenvalue weighted by Gasteiger charge is -2.40. The van der Waals surface area contributed by atoms with Crippen LogP contribution >= 0.6 is 23.2 Å². The van der Waals surface area contributed by atoms with Gasteiger partial charge >= 0.3 is 0 Å². The van der Waals surface area contributed by atoms with E-state index >= 15 is 0 Å². The minimum atomic E-state index is -0.929. The lowest BCUT2D eigenvalue weighted by Crippen LogP contribution is -2.53. The molecule has 0 unspecified atom stereocenters. The molecule has 0 aromatic heterocycles. The number of likely N-dealkylation sites (tertiary alicyclic amines) is 1. The minimum absolute atomic E-state index is 0.0191. The predicted octanol–water partition coefficient (Wildman–Crippen LogP) is 2.92.